The molecule has 0 bridgehead atoms. The molecular weight excluding hydrogens is 190 g/mol. The first-order valence-corrected chi connectivity index (χ1v) is 7.13. The summed E-state index contributed by atoms with van der Waals surface area (Å²) in [4.78, 5) is 2.59. The van der Waals surface area contributed by atoms with Crippen LogP contribution < -0.4 is 0 Å². The molecule has 0 amide bonds. The molecule has 0 rings (SSSR count). The maximum Gasteiger partial charge on any atom is 0.00724 e. The maximum absolute atomic E-state index is 2.59. The zero-order valence-corrected chi connectivity index (χ0v) is 11.2. The van der Waals surface area contributed by atoms with E-state index in [0.717, 1.165) is 5.25 Å². The van der Waals surface area contributed by atoms with Crippen LogP contribution in [0, 0.1) is 0 Å². The topological polar surface area (TPSA) is 3.24 Å². The molecular formula is C12H27NS. The second kappa shape index (κ2) is 9.85. The van der Waals surface area contributed by atoms with Gasteiger partial charge in [0, 0.05) is 17.5 Å². The van der Waals surface area contributed by atoms with E-state index in [1.54, 1.807) is 0 Å². The fourth-order valence-electron chi connectivity index (χ4n) is 1.47. The molecule has 0 heterocycles. The second-order valence-electron chi connectivity index (χ2n) is 3.93. The minimum atomic E-state index is 0.833. The molecule has 0 aromatic carbocycles. The van der Waals surface area contributed by atoms with Crippen molar-refractivity contribution in [3.05, 3.63) is 0 Å². The Morgan fingerprint density at radius 3 is 2.00 bits per heavy atom. The van der Waals surface area contributed by atoms with Crippen molar-refractivity contribution in [2.75, 3.05) is 25.4 Å². The highest BCUT2D eigenvalue weighted by molar-refractivity contribution is 7.99. The third kappa shape index (κ3) is 7.69. The molecule has 0 aromatic heterocycles. The van der Waals surface area contributed by atoms with E-state index < -0.39 is 0 Å². The molecule has 0 aliphatic carbocycles. The van der Waals surface area contributed by atoms with Crippen LogP contribution in [0.2, 0.25) is 0 Å². The van der Waals surface area contributed by atoms with Crippen molar-refractivity contribution in [2.45, 2.75) is 52.2 Å². The second-order valence-corrected chi connectivity index (χ2v) is 5.48. The van der Waals surface area contributed by atoms with Gasteiger partial charge in [-0.05, 0) is 32.4 Å². The van der Waals surface area contributed by atoms with Crippen LogP contribution in [-0.2, 0) is 0 Å². The lowest BCUT2D eigenvalue weighted by Gasteiger charge is -2.21. The number of hydrogen-bond acceptors (Lipinski definition) is 2. The molecule has 0 radical (unpaired) electrons. The quantitative estimate of drug-likeness (QED) is 0.580. The average Bonchev–Trinajstić information content (AvgIpc) is 2.18. The van der Waals surface area contributed by atoms with Gasteiger partial charge in [-0.2, -0.15) is 11.8 Å². The zero-order valence-electron chi connectivity index (χ0n) is 10.4. The van der Waals surface area contributed by atoms with E-state index >= 15 is 0 Å². The van der Waals surface area contributed by atoms with Gasteiger partial charge < -0.3 is 4.90 Å². The lowest BCUT2D eigenvalue weighted by molar-refractivity contribution is 0.292. The summed E-state index contributed by atoms with van der Waals surface area (Å²) in [6.07, 6.45) is 3.87. The molecule has 2 heteroatoms. The van der Waals surface area contributed by atoms with Crippen molar-refractivity contribution in [1.29, 1.82) is 0 Å². The highest BCUT2D eigenvalue weighted by Gasteiger charge is 2.03. The van der Waals surface area contributed by atoms with Crippen molar-refractivity contribution < 1.29 is 0 Å². The van der Waals surface area contributed by atoms with E-state index in [9.17, 15) is 0 Å². The fourth-order valence-corrected chi connectivity index (χ4v) is 2.47. The third-order valence-electron chi connectivity index (χ3n) is 2.46. The summed E-state index contributed by atoms with van der Waals surface area (Å²) in [5.41, 5.74) is 0. The monoisotopic (exact) mass is 217 g/mol. The van der Waals surface area contributed by atoms with E-state index in [0.29, 0.717) is 0 Å². The molecule has 0 saturated heterocycles. The van der Waals surface area contributed by atoms with Gasteiger partial charge in [0.25, 0.3) is 0 Å². The van der Waals surface area contributed by atoms with Crippen LogP contribution in [0.3, 0.4) is 0 Å². The lowest BCUT2D eigenvalue weighted by Crippen LogP contribution is -2.28. The van der Waals surface area contributed by atoms with E-state index in [-0.39, 0.29) is 0 Å². The van der Waals surface area contributed by atoms with Gasteiger partial charge in [-0.15, -0.1) is 0 Å². The molecule has 0 spiro atoms. The van der Waals surface area contributed by atoms with Gasteiger partial charge >= 0.3 is 0 Å². The molecule has 0 fully saturated rings. The predicted molar refractivity (Wildman–Crippen MR) is 69.2 cm³/mol. The SMILES string of the molecule is CCCN(CCC)CCSC(C)CC. The number of nitrogens with zero attached hydrogens (tertiary/aromatic N) is 1. The number of hydrogen-bond donors (Lipinski definition) is 0. The fraction of sp³-hybridized carbons (Fsp3) is 1.00. The number of rotatable bonds is 9. The van der Waals surface area contributed by atoms with Gasteiger partial charge in [0.2, 0.25) is 0 Å². The summed E-state index contributed by atoms with van der Waals surface area (Å²) in [6.45, 7) is 13.0. The van der Waals surface area contributed by atoms with E-state index in [1.165, 1.54) is 44.6 Å². The first kappa shape index (κ1) is 14.3. The van der Waals surface area contributed by atoms with Crippen molar-refractivity contribution in [2.24, 2.45) is 0 Å². The van der Waals surface area contributed by atoms with Gasteiger partial charge in [-0.1, -0.05) is 27.7 Å². The Hall–Kier alpha value is 0.310. The normalized spacial score (nSPS) is 13.5. The van der Waals surface area contributed by atoms with Gasteiger partial charge in [-0.25, -0.2) is 0 Å². The van der Waals surface area contributed by atoms with Crippen LogP contribution in [0.5, 0.6) is 0 Å². The molecule has 0 aromatic rings. The van der Waals surface area contributed by atoms with Crippen LogP contribution in [0.4, 0.5) is 0 Å². The molecule has 0 aliphatic heterocycles. The van der Waals surface area contributed by atoms with Crippen molar-refractivity contribution in [3.8, 4) is 0 Å². The highest BCUT2D eigenvalue weighted by Crippen LogP contribution is 2.13. The summed E-state index contributed by atoms with van der Waals surface area (Å²) in [6, 6.07) is 0. The molecule has 1 nitrogen and oxygen atoms in total. The summed E-state index contributed by atoms with van der Waals surface area (Å²) in [7, 11) is 0. The minimum Gasteiger partial charge on any atom is -0.303 e. The van der Waals surface area contributed by atoms with E-state index in [2.05, 4.69) is 44.4 Å². The zero-order chi connectivity index (χ0) is 10.8. The van der Waals surface area contributed by atoms with Gasteiger partial charge in [0.15, 0.2) is 0 Å². The van der Waals surface area contributed by atoms with Gasteiger partial charge in [-0.3, -0.25) is 0 Å². The Balaban J connectivity index is 3.49. The summed E-state index contributed by atoms with van der Waals surface area (Å²) in [5.74, 6) is 1.30. The smallest absolute Gasteiger partial charge is 0.00724 e. The Morgan fingerprint density at radius 1 is 1.00 bits per heavy atom. The first-order chi connectivity index (χ1) is 6.74. The van der Waals surface area contributed by atoms with Gasteiger partial charge in [0.05, 0.1) is 0 Å². The van der Waals surface area contributed by atoms with Crippen LogP contribution in [0.15, 0.2) is 0 Å². The van der Waals surface area contributed by atoms with E-state index in [1.807, 2.05) is 0 Å². The molecule has 1 atom stereocenters. The van der Waals surface area contributed by atoms with Crippen LogP contribution in [-0.4, -0.2) is 35.5 Å². The standard InChI is InChI=1S/C12H27NS/c1-5-8-13(9-6-2)10-11-14-12(4)7-3/h12H,5-11H2,1-4H3. The Kier molecular flexibility index (Phi) is 10.1. The summed E-state index contributed by atoms with van der Waals surface area (Å²) in [5, 5.41) is 0.833. The first-order valence-electron chi connectivity index (χ1n) is 6.08. The molecule has 0 aliphatic rings. The summed E-state index contributed by atoms with van der Waals surface area (Å²) < 4.78 is 0. The molecule has 0 N–H and O–H groups in total. The highest BCUT2D eigenvalue weighted by atomic mass is 32.2. The van der Waals surface area contributed by atoms with Crippen LogP contribution >= 0.6 is 11.8 Å². The average molecular weight is 217 g/mol. The molecule has 86 valence electrons. The Bertz CT molecular complexity index is 111. The molecule has 0 saturated carbocycles. The van der Waals surface area contributed by atoms with Crippen LogP contribution in [0.1, 0.15) is 47.0 Å². The van der Waals surface area contributed by atoms with E-state index in [4.69, 9.17) is 0 Å². The van der Waals surface area contributed by atoms with Crippen molar-refractivity contribution >= 4 is 11.8 Å². The van der Waals surface area contributed by atoms with Crippen molar-refractivity contribution in [1.82, 2.24) is 4.90 Å². The molecule has 14 heavy (non-hydrogen) atoms. The maximum atomic E-state index is 2.59. The number of thioether (sulfide) groups is 1. The third-order valence-corrected chi connectivity index (χ3v) is 3.79. The Morgan fingerprint density at radius 2 is 1.57 bits per heavy atom. The largest absolute Gasteiger partial charge is 0.303 e. The van der Waals surface area contributed by atoms with Crippen LogP contribution in [0.25, 0.3) is 0 Å². The minimum absolute atomic E-state index is 0.833. The predicted octanol–water partition coefficient (Wildman–Crippen LogP) is 3.64. The lowest BCUT2D eigenvalue weighted by atomic mass is 10.3. The van der Waals surface area contributed by atoms with Crippen molar-refractivity contribution in [3.63, 3.8) is 0 Å². The Labute approximate surface area is 94.6 Å². The molecule has 1 unspecified atom stereocenters. The summed E-state index contributed by atoms with van der Waals surface area (Å²) >= 11 is 2.11. The van der Waals surface area contributed by atoms with Gasteiger partial charge in [0.1, 0.15) is 0 Å².